The van der Waals surface area contributed by atoms with E-state index in [-0.39, 0.29) is 5.82 Å². The molecule has 0 spiro atoms. The Balaban J connectivity index is 1.45. The molecule has 0 amide bonds. The van der Waals surface area contributed by atoms with Gasteiger partial charge in [-0.3, -0.25) is 4.90 Å². The van der Waals surface area contributed by atoms with Crippen molar-refractivity contribution in [3.05, 3.63) is 71.8 Å². The predicted molar refractivity (Wildman–Crippen MR) is 90.2 cm³/mol. The number of nitrogens with zero attached hydrogens (tertiary/aromatic N) is 4. The van der Waals surface area contributed by atoms with E-state index in [2.05, 4.69) is 24.8 Å². The van der Waals surface area contributed by atoms with Gasteiger partial charge >= 0.3 is 0 Å². The highest BCUT2D eigenvalue weighted by molar-refractivity contribution is 5.53. The van der Waals surface area contributed by atoms with Crippen LogP contribution in [0.4, 0.5) is 20.4 Å². The normalized spacial score (nSPS) is 14.3. The number of anilines is 2. The van der Waals surface area contributed by atoms with E-state index < -0.39 is 5.95 Å². The van der Waals surface area contributed by atoms with Crippen LogP contribution in [-0.2, 0) is 19.6 Å². The lowest BCUT2D eigenvalue weighted by Crippen LogP contribution is -2.33. The molecule has 3 aromatic rings. The maximum atomic E-state index is 13.0. The molecule has 1 aromatic carbocycles. The minimum absolute atomic E-state index is 0.262. The average molecular weight is 341 g/mol. The number of fused-ring (bicyclic) bond motifs is 1. The summed E-state index contributed by atoms with van der Waals surface area (Å²) in [6.45, 7) is 3.14. The molecule has 3 heterocycles. The Bertz CT molecular complexity index is 858. The van der Waals surface area contributed by atoms with Crippen LogP contribution in [0, 0.1) is 11.8 Å². The van der Waals surface area contributed by atoms with E-state index in [9.17, 15) is 8.78 Å². The number of hydrogen-bond acceptors (Lipinski definition) is 4. The second-order valence-corrected chi connectivity index (χ2v) is 6.06. The molecule has 1 aliphatic rings. The van der Waals surface area contributed by atoms with Gasteiger partial charge in [0.15, 0.2) is 0 Å². The molecule has 1 N–H and O–H groups in total. The van der Waals surface area contributed by atoms with Crippen LogP contribution in [0.25, 0.3) is 0 Å². The van der Waals surface area contributed by atoms with Gasteiger partial charge in [0.05, 0.1) is 11.9 Å². The van der Waals surface area contributed by atoms with Crippen molar-refractivity contribution in [1.29, 1.82) is 0 Å². The largest absolute Gasteiger partial charge is 0.326 e. The number of halogens is 2. The Kier molecular flexibility index (Phi) is 4.15. The van der Waals surface area contributed by atoms with Gasteiger partial charge < -0.3 is 9.88 Å². The minimum atomic E-state index is -0.461. The second-order valence-electron chi connectivity index (χ2n) is 6.06. The SMILES string of the molecule is Fc1ccc(Nc2ncc3n2CCN(Cc2ccc(F)nc2)C3)cc1. The van der Waals surface area contributed by atoms with Crippen LogP contribution in [0.5, 0.6) is 0 Å². The van der Waals surface area contributed by atoms with Crippen molar-refractivity contribution in [2.45, 2.75) is 19.6 Å². The minimum Gasteiger partial charge on any atom is -0.326 e. The maximum absolute atomic E-state index is 13.0. The van der Waals surface area contributed by atoms with Crippen molar-refractivity contribution >= 4 is 11.6 Å². The van der Waals surface area contributed by atoms with Crippen LogP contribution in [0.3, 0.4) is 0 Å². The van der Waals surface area contributed by atoms with Crippen LogP contribution in [0.15, 0.2) is 48.8 Å². The van der Waals surface area contributed by atoms with Crippen LogP contribution in [-0.4, -0.2) is 26.0 Å². The zero-order valence-electron chi connectivity index (χ0n) is 13.5. The Morgan fingerprint density at radius 3 is 2.56 bits per heavy atom. The van der Waals surface area contributed by atoms with Crippen LogP contribution in [0.2, 0.25) is 0 Å². The summed E-state index contributed by atoms with van der Waals surface area (Å²) in [6.07, 6.45) is 3.42. The molecule has 0 bridgehead atoms. The fourth-order valence-electron chi connectivity index (χ4n) is 2.99. The lowest BCUT2D eigenvalue weighted by Gasteiger charge is -2.28. The molecule has 5 nitrogen and oxygen atoms in total. The third-order valence-electron chi connectivity index (χ3n) is 4.26. The molecule has 0 aliphatic carbocycles. The number of rotatable bonds is 4. The quantitative estimate of drug-likeness (QED) is 0.740. The smallest absolute Gasteiger partial charge is 0.212 e. The number of aromatic nitrogens is 3. The summed E-state index contributed by atoms with van der Waals surface area (Å²) in [5.74, 6) is 0.0308. The van der Waals surface area contributed by atoms with Gasteiger partial charge in [-0.1, -0.05) is 6.07 Å². The summed E-state index contributed by atoms with van der Waals surface area (Å²) in [5, 5.41) is 3.23. The molecular weight excluding hydrogens is 324 g/mol. The molecule has 0 saturated heterocycles. The lowest BCUT2D eigenvalue weighted by molar-refractivity contribution is 0.214. The van der Waals surface area contributed by atoms with Crippen molar-refractivity contribution < 1.29 is 8.78 Å². The zero-order chi connectivity index (χ0) is 17.2. The van der Waals surface area contributed by atoms with E-state index in [0.29, 0.717) is 0 Å². The van der Waals surface area contributed by atoms with Crippen LogP contribution >= 0.6 is 0 Å². The third kappa shape index (κ3) is 3.51. The molecule has 4 rings (SSSR count). The molecule has 1 aliphatic heterocycles. The fourth-order valence-corrected chi connectivity index (χ4v) is 2.99. The average Bonchev–Trinajstić information content (AvgIpc) is 3.01. The Morgan fingerprint density at radius 1 is 0.960 bits per heavy atom. The van der Waals surface area contributed by atoms with Crippen LogP contribution < -0.4 is 5.32 Å². The van der Waals surface area contributed by atoms with Gasteiger partial charge in [-0.05, 0) is 35.9 Å². The first-order chi connectivity index (χ1) is 12.2. The van der Waals surface area contributed by atoms with Gasteiger partial charge in [-0.2, -0.15) is 4.39 Å². The summed E-state index contributed by atoms with van der Waals surface area (Å²) < 4.78 is 28.0. The van der Waals surface area contributed by atoms with E-state index >= 15 is 0 Å². The molecule has 25 heavy (non-hydrogen) atoms. The first kappa shape index (κ1) is 15.7. The molecule has 0 saturated carbocycles. The molecule has 0 fully saturated rings. The highest BCUT2D eigenvalue weighted by atomic mass is 19.1. The van der Waals surface area contributed by atoms with E-state index in [1.165, 1.54) is 18.2 Å². The lowest BCUT2D eigenvalue weighted by atomic mass is 10.2. The second kappa shape index (κ2) is 6.60. The van der Waals surface area contributed by atoms with E-state index in [1.807, 2.05) is 6.20 Å². The van der Waals surface area contributed by atoms with Gasteiger partial charge in [-0.15, -0.1) is 0 Å². The Morgan fingerprint density at radius 2 is 1.80 bits per heavy atom. The molecule has 2 aromatic heterocycles. The number of benzene rings is 1. The molecule has 128 valence electrons. The number of pyridine rings is 1. The first-order valence-corrected chi connectivity index (χ1v) is 8.07. The first-order valence-electron chi connectivity index (χ1n) is 8.07. The summed E-state index contributed by atoms with van der Waals surface area (Å²) in [5.41, 5.74) is 2.89. The number of imidazole rings is 1. The Hall–Kier alpha value is -2.80. The Labute approximate surface area is 143 Å². The predicted octanol–water partition coefficient (Wildman–Crippen LogP) is 3.32. The molecule has 0 atom stereocenters. The fraction of sp³-hybridized carbons (Fsp3) is 0.222. The molecular formula is C18H17F2N5. The van der Waals surface area contributed by atoms with E-state index in [4.69, 9.17) is 0 Å². The van der Waals surface area contributed by atoms with Gasteiger partial charge in [0, 0.05) is 38.1 Å². The molecule has 7 heteroatoms. The van der Waals surface area contributed by atoms with E-state index in [0.717, 1.165) is 49.1 Å². The summed E-state index contributed by atoms with van der Waals surface area (Å²) in [4.78, 5) is 10.4. The number of hydrogen-bond donors (Lipinski definition) is 1. The van der Waals surface area contributed by atoms with Gasteiger partial charge in [0.25, 0.3) is 0 Å². The van der Waals surface area contributed by atoms with Crippen molar-refractivity contribution in [1.82, 2.24) is 19.4 Å². The monoisotopic (exact) mass is 341 g/mol. The summed E-state index contributed by atoms with van der Waals surface area (Å²) >= 11 is 0. The van der Waals surface area contributed by atoms with Crippen molar-refractivity contribution in [2.75, 3.05) is 11.9 Å². The topological polar surface area (TPSA) is 46.0 Å². The molecule has 0 unspecified atom stereocenters. The molecule has 0 radical (unpaired) electrons. The van der Waals surface area contributed by atoms with Gasteiger partial charge in [-0.25, -0.2) is 14.4 Å². The standard InChI is InChI=1S/C18H17F2N5/c19-14-2-4-15(5-3-14)23-18-22-10-16-12-24(7-8-25(16)18)11-13-1-6-17(20)21-9-13/h1-6,9-10H,7-8,11-12H2,(H,22,23). The summed E-state index contributed by atoms with van der Waals surface area (Å²) in [6, 6.07) is 9.35. The number of nitrogens with one attached hydrogen (secondary N) is 1. The zero-order valence-corrected chi connectivity index (χ0v) is 13.5. The van der Waals surface area contributed by atoms with E-state index in [1.54, 1.807) is 24.4 Å². The van der Waals surface area contributed by atoms with Crippen molar-refractivity contribution in [2.24, 2.45) is 0 Å². The maximum Gasteiger partial charge on any atom is 0.212 e. The third-order valence-corrected chi connectivity index (χ3v) is 4.26. The van der Waals surface area contributed by atoms with Crippen molar-refractivity contribution in [3.8, 4) is 0 Å². The van der Waals surface area contributed by atoms with Crippen molar-refractivity contribution in [3.63, 3.8) is 0 Å². The van der Waals surface area contributed by atoms with Gasteiger partial charge in [0.1, 0.15) is 5.82 Å². The highest BCUT2D eigenvalue weighted by Crippen LogP contribution is 2.22. The summed E-state index contributed by atoms with van der Waals surface area (Å²) in [7, 11) is 0. The van der Waals surface area contributed by atoms with Gasteiger partial charge in [0.2, 0.25) is 11.9 Å². The highest BCUT2D eigenvalue weighted by Gasteiger charge is 2.19. The van der Waals surface area contributed by atoms with Crippen LogP contribution in [0.1, 0.15) is 11.3 Å².